The number of hydrogen-bond donors (Lipinski definition) is 1. The van der Waals surface area contributed by atoms with Crippen molar-refractivity contribution in [2.45, 2.75) is 42.2 Å². The largest absolute Gasteiger partial charge is 0.451 e. The van der Waals surface area contributed by atoms with Gasteiger partial charge >= 0.3 is 5.97 Å². The zero-order valence-corrected chi connectivity index (χ0v) is 20.1. The standard InChI is InChI=1S/C25H25N5O4S/c1-25(15-29-18(14-27-28-29)23(32)26-2)22(30-19(31)13-20(30)35-25)24(33)34-21(16-9-5-3-6-10-16)17-11-7-4-8-12-17/h3-12,14,20-22H,13,15H2,1-2H3,(H,26,32)/t20-,22+,25+/m1/s1. The van der Waals surface area contributed by atoms with Crippen LogP contribution in [0.4, 0.5) is 0 Å². The number of carbonyl (C=O) groups excluding carboxylic acids is 3. The van der Waals surface area contributed by atoms with Gasteiger partial charge in [0.15, 0.2) is 6.10 Å². The Morgan fingerprint density at radius 2 is 1.77 bits per heavy atom. The minimum absolute atomic E-state index is 0.0886. The van der Waals surface area contributed by atoms with Gasteiger partial charge in [-0.05, 0) is 18.1 Å². The lowest BCUT2D eigenvalue weighted by atomic mass is 9.95. The maximum atomic E-state index is 13.8. The number of β-lactam (4-membered cyclic amide) rings is 1. The third-order valence-corrected chi connectivity index (χ3v) is 7.97. The van der Waals surface area contributed by atoms with Crippen LogP contribution >= 0.6 is 11.8 Å². The van der Waals surface area contributed by atoms with Gasteiger partial charge in [0.05, 0.1) is 29.3 Å². The number of amides is 2. The molecule has 2 fully saturated rings. The van der Waals surface area contributed by atoms with Crippen LogP contribution in [0.15, 0.2) is 66.9 Å². The quantitative estimate of drug-likeness (QED) is 0.400. The van der Waals surface area contributed by atoms with Crippen LogP contribution < -0.4 is 5.32 Å². The number of hydrogen-bond acceptors (Lipinski definition) is 7. The van der Waals surface area contributed by atoms with Crippen LogP contribution in [0.5, 0.6) is 0 Å². The Balaban J connectivity index is 1.47. The SMILES string of the molecule is CNC(=O)c1cnnn1C[C@]1(C)S[C@@H]2CC(=O)N2[C@H]1C(=O)OC(c1ccccc1)c1ccccc1. The van der Waals surface area contributed by atoms with Crippen LogP contribution in [0, 0.1) is 0 Å². The lowest BCUT2D eigenvalue weighted by Gasteiger charge is -2.38. The second kappa shape index (κ2) is 9.18. The van der Waals surface area contributed by atoms with Crippen molar-refractivity contribution in [3.63, 3.8) is 0 Å². The van der Waals surface area contributed by atoms with E-state index in [1.807, 2.05) is 67.6 Å². The summed E-state index contributed by atoms with van der Waals surface area (Å²) < 4.78 is 6.86. The smallest absolute Gasteiger partial charge is 0.331 e. The fourth-order valence-corrected chi connectivity index (χ4v) is 6.44. The molecule has 2 aliphatic heterocycles. The van der Waals surface area contributed by atoms with E-state index in [-0.39, 0.29) is 29.4 Å². The molecule has 9 nitrogen and oxygen atoms in total. The molecule has 0 saturated carbocycles. The summed E-state index contributed by atoms with van der Waals surface area (Å²) in [6.07, 6.45) is 1.13. The van der Waals surface area contributed by atoms with Crippen molar-refractivity contribution in [2.24, 2.45) is 0 Å². The molecule has 180 valence electrons. The van der Waals surface area contributed by atoms with Crippen LogP contribution in [0.2, 0.25) is 0 Å². The van der Waals surface area contributed by atoms with Gasteiger partial charge < -0.3 is 15.0 Å². The summed E-state index contributed by atoms with van der Waals surface area (Å²) in [5.74, 6) is -0.905. The van der Waals surface area contributed by atoms with E-state index in [0.717, 1.165) is 11.1 Å². The molecule has 1 aromatic heterocycles. The van der Waals surface area contributed by atoms with Gasteiger partial charge in [-0.2, -0.15) is 0 Å². The molecule has 0 bridgehead atoms. The lowest BCUT2D eigenvalue weighted by Crippen LogP contribution is -2.58. The number of ether oxygens (including phenoxy) is 1. The molecular weight excluding hydrogens is 466 g/mol. The number of fused-ring (bicyclic) bond motifs is 1. The van der Waals surface area contributed by atoms with Gasteiger partial charge in [-0.15, -0.1) is 16.9 Å². The topological polar surface area (TPSA) is 106 Å². The first-order valence-electron chi connectivity index (χ1n) is 11.3. The van der Waals surface area contributed by atoms with Crippen LogP contribution in [0.25, 0.3) is 0 Å². The van der Waals surface area contributed by atoms with E-state index in [9.17, 15) is 14.4 Å². The highest BCUT2D eigenvalue weighted by Gasteiger charge is 2.61. The molecule has 3 atom stereocenters. The van der Waals surface area contributed by atoms with Gasteiger partial charge in [0.1, 0.15) is 11.7 Å². The molecule has 0 aliphatic carbocycles. The number of benzene rings is 2. The van der Waals surface area contributed by atoms with Gasteiger partial charge in [-0.3, -0.25) is 9.59 Å². The van der Waals surface area contributed by atoms with Gasteiger partial charge in [0.2, 0.25) is 5.91 Å². The van der Waals surface area contributed by atoms with Crippen LogP contribution in [-0.4, -0.2) is 60.9 Å². The van der Waals surface area contributed by atoms with Crippen molar-refractivity contribution in [1.82, 2.24) is 25.2 Å². The average molecular weight is 492 g/mol. The number of carbonyl (C=O) groups is 3. The summed E-state index contributed by atoms with van der Waals surface area (Å²) in [6.45, 7) is 2.12. The van der Waals surface area contributed by atoms with Crippen molar-refractivity contribution < 1.29 is 19.1 Å². The van der Waals surface area contributed by atoms with Crippen LogP contribution in [0.1, 0.15) is 41.1 Å². The predicted molar refractivity (Wildman–Crippen MR) is 129 cm³/mol. The molecule has 0 spiro atoms. The molecule has 2 saturated heterocycles. The molecule has 0 unspecified atom stereocenters. The van der Waals surface area contributed by atoms with Gasteiger partial charge in [0.25, 0.3) is 5.91 Å². The second-order valence-corrected chi connectivity index (χ2v) is 10.5. The molecule has 0 radical (unpaired) electrons. The van der Waals surface area contributed by atoms with E-state index in [1.54, 1.807) is 4.90 Å². The molecule has 2 aromatic carbocycles. The second-order valence-electron chi connectivity index (χ2n) is 8.79. The zero-order valence-electron chi connectivity index (χ0n) is 19.3. The third-order valence-electron chi connectivity index (χ3n) is 6.41. The molecule has 35 heavy (non-hydrogen) atoms. The third kappa shape index (κ3) is 4.18. The van der Waals surface area contributed by atoms with E-state index in [1.165, 1.54) is 29.7 Å². The number of aromatic nitrogens is 3. The maximum absolute atomic E-state index is 13.8. The first-order valence-corrected chi connectivity index (χ1v) is 12.2. The Hall–Kier alpha value is -3.66. The highest BCUT2D eigenvalue weighted by atomic mass is 32.2. The zero-order chi connectivity index (χ0) is 24.6. The molecule has 1 N–H and O–H groups in total. The highest BCUT2D eigenvalue weighted by Crippen LogP contribution is 2.52. The van der Waals surface area contributed by atoms with E-state index >= 15 is 0 Å². The monoisotopic (exact) mass is 491 g/mol. The van der Waals surface area contributed by atoms with Crippen molar-refractivity contribution >= 4 is 29.5 Å². The summed E-state index contributed by atoms with van der Waals surface area (Å²) in [5, 5.41) is 10.4. The van der Waals surface area contributed by atoms with Gasteiger partial charge in [-0.1, -0.05) is 65.9 Å². The Kier molecular flexibility index (Phi) is 6.06. The predicted octanol–water partition coefficient (Wildman–Crippen LogP) is 2.40. The van der Waals surface area contributed by atoms with Crippen molar-refractivity contribution in [1.29, 1.82) is 0 Å². The number of nitrogens with zero attached hydrogens (tertiary/aromatic N) is 4. The van der Waals surface area contributed by atoms with Gasteiger partial charge in [-0.25, -0.2) is 9.48 Å². The Labute approximate surface area is 206 Å². The number of thioether (sulfide) groups is 1. The number of esters is 1. The first-order chi connectivity index (χ1) is 16.9. The minimum Gasteiger partial charge on any atom is -0.451 e. The summed E-state index contributed by atoms with van der Waals surface area (Å²) in [7, 11) is 1.53. The fourth-order valence-electron chi connectivity index (χ4n) is 4.71. The van der Waals surface area contributed by atoms with Crippen LogP contribution in [0.3, 0.4) is 0 Å². The Bertz CT molecular complexity index is 1210. The van der Waals surface area contributed by atoms with E-state index in [2.05, 4.69) is 15.6 Å². The summed E-state index contributed by atoms with van der Waals surface area (Å²) >= 11 is 1.53. The van der Waals surface area contributed by atoms with E-state index < -0.39 is 22.9 Å². The van der Waals surface area contributed by atoms with Crippen molar-refractivity contribution in [2.75, 3.05) is 7.05 Å². The molecular formula is C25H25N5O4S. The van der Waals surface area contributed by atoms with E-state index in [0.29, 0.717) is 6.42 Å². The van der Waals surface area contributed by atoms with Crippen LogP contribution in [-0.2, 0) is 20.9 Å². The number of rotatable bonds is 7. The molecule has 10 heteroatoms. The summed E-state index contributed by atoms with van der Waals surface area (Å²) in [5.41, 5.74) is 1.96. The van der Waals surface area contributed by atoms with Gasteiger partial charge in [0, 0.05) is 7.05 Å². The van der Waals surface area contributed by atoms with E-state index in [4.69, 9.17) is 4.74 Å². The summed E-state index contributed by atoms with van der Waals surface area (Å²) in [6, 6.07) is 18.2. The maximum Gasteiger partial charge on any atom is 0.331 e. The first kappa shape index (κ1) is 23.1. The van der Waals surface area contributed by atoms with Crippen molar-refractivity contribution in [3.05, 3.63) is 83.7 Å². The Morgan fingerprint density at radius 1 is 1.14 bits per heavy atom. The average Bonchev–Trinajstić information content (AvgIpc) is 3.42. The highest BCUT2D eigenvalue weighted by molar-refractivity contribution is 8.01. The lowest BCUT2D eigenvalue weighted by molar-refractivity contribution is -0.164. The molecule has 2 amide bonds. The molecule has 3 aromatic rings. The fraction of sp³-hybridized carbons (Fsp3) is 0.320. The molecule has 2 aliphatic rings. The number of nitrogens with one attached hydrogen (secondary N) is 1. The summed E-state index contributed by atoms with van der Waals surface area (Å²) in [4.78, 5) is 40.2. The normalized spacial score (nSPS) is 23.1. The Morgan fingerprint density at radius 3 is 2.34 bits per heavy atom. The van der Waals surface area contributed by atoms with Crippen molar-refractivity contribution in [3.8, 4) is 0 Å². The molecule has 5 rings (SSSR count). The molecule has 3 heterocycles. The minimum atomic E-state index is -0.838.